The molecule has 0 unspecified atom stereocenters. The first-order valence-corrected chi connectivity index (χ1v) is 10.9. The number of thioether (sulfide) groups is 1. The van der Waals surface area contributed by atoms with E-state index in [0.29, 0.717) is 32.6 Å². The summed E-state index contributed by atoms with van der Waals surface area (Å²) in [5, 5.41) is 6.47. The SMILES string of the molecule is CCOC(=O)c1c(CSC(N)=[NH2+])n(-c2ccccc2)c2cc(Br)c(OC(C)=O)cc12. The van der Waals surface area contributed by atoms with Crippen molar-refractivity contribution in [2.24, 2.45) is 5.73 Å². The number of aromatic nitrogens is 1. The van der Waals surface area contributed by atoms with E-state index >= 15 is 0 Å². The van der Waals surface area contributed by atoms with E-state index in [-0.39, 0.29) is 11.8 Å². The lowest BCUT2D eigenvalue weighted by Crippen LogP contribution is -2.43. The Labute approximate surface area is 186 Å². The number of carbonyl (C=O) groups excluding carboxylic acids is 2. The maximum Gasteiger partial charge on any atom is 0.340 e. The second kappa shape index (κ2) is 9.36. The highest BCUT2D eigenvalue weighted by atomic mass is 79.9. The molecule has 1 aromatic heterocycles. The predicted octanol–water partition coefficient (Wildman–Crippen LogP) is 2.80. The molecule has 0 atom stereocenters. The van der Waals surface area contributed by atoms with Gasteiger partial charge < -0.3 is 14.0 Å². The van der Waals surface area contributed by atoms with E-state index in [0.717, 1.165) is 11.2 Å². The number of hydrogen-bond donors (Lipinski definition) is 2. The molecule has 2 aromatic carbocycles. The van der Waals surface area contributed by atoms with Crippen molar-refractivity contribution in [2.45, 2.75) is 19.6 Å². The normalized spacial score (nSPS) is 10.8. The second-order valence-electron chi connectivity index (χ2n) is 6.30. The summed E-state index contributed by atoms with van der Waals surface area (Å²) in [6.07, 6.45) is 0. The van der Waals surface area contributed by atoms with Gasteiger partial charge in [0, 0.05) is 29.4 Å². The molecular formula is C21H21BrN3O4S+. The topological polar surface area (TPSA) is 109 Å². The average molecular weight is 491 g/mol. The second-order valence-corrected chi connectivity index (χ2v) is 8.20. The van der Waals surface area contributed by atoms with E-state index in [9.17, 15) is 9.59 Å². The van der Waals surface area contributed by atoms with E-state index in [1.54, 1.807) is 13.0 Å². The molecule has 0 amide bonds. The van der Waals surface area contributed by atoms with Crippen molar-refractivity contribution in [3.05, 3.63) is 58.2 Å². The predicted molar refractivity (Wildman–Crippen MR) is 121 cm³/mol. The smallest absolute Gasteiger partial charge is 0.340 e. The Kier molecular flexibility index (Phi) is 6.84. The molecule has 0 aliphatic heterocycles. The number of nitrogens with two attached hydrogens (primary N) is 2. The monoisotopic (exact) mass is 490 g/mol. The fourth-order valence-electron chi connectivity index (χ4n) is 3.17. The van der Waals surface area contributed by atoms with Gasteiger partial charge in [0.2, 0.25) is 0 Å². The molecule has 4 N–H and O–H groups in total. The minimum absolute atomic E-state index is 0.191. The zero-order chi connectivity index (χ0) is 21.8. The molecule has 0 saturated carbocycles. The molecule has 9 heteroatoms. The highest BCUT2D eigenvalue weighted by Crippen LogP contribution is 2.38. The molecule has 1 heterocycles. The molecule has 3 aromatic rings. The van der Waals surface area contributed by atoms with Gasteiger partial charge in [0.25, 0.3) is 5.17 Å². The molecule has 7 nitrogen and oxygen atoms in total. The third kappa shape index (κ3) is 4.52. The zero-order valence-corrected chi connectivity index (χ0v) is 18.9. The third-order valence-electron chi connectivity index (χ3n) is 4.24. The Morgan fingerprint density at radius 3 is 2.53 bits per heavy atom. The van der Waals surface area contributed by atoms with Gasteiger partial charge in [-0.15, -0.1) is 0 Å². The van der Waals surface area contributed by atoms with Crippen LogP contribution in [0.3, 0.4) is 0 Å². The molecule has 0 fully saturated rings. The van der Waals surface area contributed by atoms with Crippen LogP contribution in [0.25, 0.3) is 16.6 Å². The number of esters is 2. The van der Waals surface area contributed by atoms with Gasteiger partial charge in [-0.2, -0.15) is 0 Å². The molecule has 3 rings (SSSR count). The molecule has 0 spiro atoms. The average Bonchev–Trinajstić information content (AvgIpc) is 3.00. The lowest BCUT2D eigenvalue weighted by Gasteiger charge is -2.11. The van der Waals surface area contributed by atoms with Crippen LogP contribution in [-0.2, 0) is 15.3 Å². The summed E-state index contributed by atoms with van der Waals surface area (Å²) in [5.74, 6) is -0.272. The maximum atomic E-state index is 13.0. The molecule has 0 radical (unpaired) electrons. The van der Waals surface area contributed by atoms with E-state index in [4.69, 9.17) is 20.6 Å². The summed E-state index contributed by atoms with van der Waals surface area (Å²) in [6.45, 7) is 3.29. The first-order valence-electron chi connectivity index (χ1n) is 9.12. The van der Waals surface area contributed by atoms with Crippen LogP contribution < -0.4 is 15.9 Å². The summed E-state index contributed by atoms with van der Waals surface area (Å²) < 4.78 is 13.2. The molecule has 0 bridgehead atoms. The van der Waals surface area contributed by atoms with E-state index in [2.05, 4.69) is 15.9 Å². The Morgan fingerprint density at radius 1 is 1.23 bits per heavy atom. The van der Waals surface area contributed by atoms with Crippen LogP contribution in [0.1, 0.15) is 29.9 Å². The van der Waals surface area contributed by atoms with Gasteiger partial charge in [0.05, 0.1) is 22.2 Å². The van der Waals surface area contributed by atoms with Gasteiger partial charge in [-0.25, -0.2) is 4.79 Å². The van der Waals surface area contributed by atoms with Crippen LogP contribution in [-0.4, -0.2) is 28.3 Å². The molecule has 0 saturated heterocycles. The lowest BCUT2D eigenvalue weighted by atomic mass is 10.1. The Bertz CT molecular complexity index is 1130. The minimum atomic E-state index is -0.473. The molecule has 0 aliphatic rings. The zero-order valence-electron chi connectivity index (χ0n) is 16.5. The van der Waals surface area contributed by atoms with Crippen LogP contribution in [0.5, 0.6) is 5.75 Å². The molecule has 0 aliphatic carbocycles. The molecule has 156 valence electrons. The van der Waals surface area contributed by atoms with Crippen molar-refractivity contribution in [1.82, 2.24) is 4.57 Å². The first-order chi connectivity index (χ1) is 14.3. The van der Waals surface area contributed by atoms with Crippen molar-refractivity contribution in [3.8, 4) is 11.4 Å². The summed E-state index contributed by atoms with van der Waals surface area (Å²) in [4.78, 5) is 24.5. The highest BCUT2D eigenvalue weighted by Gasteiger charge is 2.26. The Hall–Kier alpha value is -2.78. The number of para-hydroxylation sites is 1. The summed E-state index contributed by atoms with van der Waals surface area (Å²) in [7, 11) is 0. The fourth-order valence-corrected chi connectivity index (χ4v) is 4.15. The van der Waals surface area contributed by atoms with Gasteiger partial charge >= 0.3 is 11.9 Å². The van der Waals surface area contributed by atoms with Crippen molar-refractivity contribution in [2.75, 3.05) is 6.61 Å². The number of carbonyl (C=O) groups is 2. The lowest BCUT2D eigenvalue weighted by molar-refractivity contribution is -0.131. The first kappa shape index (κ1) is 21.9. The van der Waals surface area contributed by atoms with Crippen LogP contribution >= 0.6 is 27.7 Å². The maximum absolute atomic E-state index is 13.0. The van der Waals surface area contributed by atoms with Crippen molar-refractivity contribution >= 4 is 55.7 Å². The highest BCUT2D eigenvalue weighted by molar-refractivity contribution is 9.10. The van der Waals surface area contributed by atoms with Gasteiger partial charge in [0.15, 0.2) is 0 Å². The number of halogens is 1. The number of nitrogens with zero attached hydrogens (tertiary/aromatic N) is 1. The largest absolute Gasteiger partial charge is 0.462 e. The van der Waals surface area contributed by atoms with Crippen LogP contribution in [0.15, 0.2) is 46.9 Å². The number of hydrogen-bond acceptors (Lipinski definition) is 5. The van der Waals surface area contributed by atoms with Gasteiger partial charge in [-0.3, -0.25) is 15.9 Å². The standard InChI is InChI=1S/C21H20BrN3O4S/c1-3-28-20(27)19-14-9-18(29-12(2)26)15(22)10-16(14)25(13-7-5-4-6-8-13)17(19)11-30-21(23)24/h4-10H,3,11H2,1-2H3,(H3,23,24)/p+1. The summed E-state index contributed by atoms with van der Waals surface area (Å²) in [6, 6.07) is 13.1. The van der Waals surface area contributed by atoms with Crippen molar-refractivity contribution in [3.63, 3.8) is 0 Å². The minimum Gasteiger partial charge on any atom is -0.462 e. The quantitative estimate of drug-likeness (QED) is 0.238. The number of benzene rings is 2. The van der Waals surface area contributed by atoms with Gasteiger partial charge in [-0.1, -0.05) is 18.2 Å². The number of rotatable bonds is 6. The Morgan fingerprint density at radius 2 is 1.93 bits per heavy atom. The number of ether oxygens (including phenoxy) is 2. The number of amidine groups is 1. The van der Waals surface area contributed by atoms with Crippen LogP contribution in [0.4, 0.5) is 0 Å². The van der Waals surface area contributed by atoms with Gasteiger partial charge in [-0.05, 0) is 58.9 Å². The fraction of sp³-hybridized carbons (Fsp3) is 0.190. The molecular weight excluding hydrogens is 470 g/mol. The summed E-state index contributed by atoms with van der Waals surface area (Å²) >= 11 is 4.68. The van der Waals surface area contributed by atoms with Crippen molar-refractivity contribution < 1.29 is 24.5 Å². The Balaban J connectivity index is 2.38. The number of fused-ring (bicyclic) bond motifs is 1. The van der Waals surface area contributed by atoms with E-state index < -0.39 is 11.9 Å². The van der Waals surface area contributed by atoms with E-state index in [1.165, 1.54) is 18.7 Å². The third-order valence-corrected chi connectivity index (χ3v) is 5.61. The summed E-state index contributed by atoms with van der Waals surface area (Å²) in [5.41, 5.74) is 8.34. The van der Waals surface area contributed by atoms with Crippen molar-refractivity contribution in [1.29, 1.82) is 0 Å². The van der Waals surface area contributed by atoms with Crippen LogP contribution in [0, 0.1) is 0 Å². The van der Waals surface area contributed by atoms with E-state index in [1.807, 2.05) is 41.0 Å². The molecule has 30 heavy (non-hydrogen) atoms. The van der Waals surface area contributed by atoms with Gasteiger partial charge in [0.1, 0.15) is 5.75 Å². The van der Waals surface area contributed by atoms with Crippen LogP contribution in [0.2, 0.25) is 0 Å².